The molecule has 0 amide bonds. The van der Waals surface area contributed by atoms with Crippen molar-refractivity contribution in [3.8, 4) is 33.5 Å². The quantitative estimate of drug-likeness (QED) is 0.485. The van der Waals surface area contributed by atoms with Gasteiger partial charge < -0.3 is 0 Å². The smallest absolute Gasteiger partial charge is 0.277 e. The highest BCUT2D eigenvalue weighted by molar-refractivity contribution is 7.89. The molecule has 3 N–H and O–H groups in total. The van der Waals surface area contributed by atoms with Crippen LogP contribution in [0.5, 0.6) is 0 Å². The van der Waals surface area contributed by atoms with Gasteiger partial charge in [0.25, 0.3) is 0 Å². The molecule has 2 aromatic heterocycles. The lowest BCUT2D eigenvalue weighted by Gasteiger charge is -2.14. The van der Waals surface area contributed by atoms with E-state index in [2.05, 4.69) is 15.2 Å². The number of hydrogen-bond donors (Lipinski definition) is 2. The van der Waals surface area contributed by atoms with Crippen molar-refractivity contribution < 1.29 is 21.6 Å². The first-order valence-corrected chi connectivity index (χ1v) is 10.5. The van der Waals surface area contributed by atoms with Gasteiger partial charge in [-0.3, -0.25) is 10.1 Å². The van der Waals surface area contributed by atoms with Crippen molar-refractivity contribution in [3.05, 3.63) is 78.8 Å². The number of nitrogens with one attached hydrogen (secondary N) is 1. The second-order valence-corrected chi connectivity index (χ2v) is 8.26. The molecule has 158 valence electrons. The van der Waals surface area contributed by atoms with Crippen LogP contribution >= 0.6 is 0 Å². The van der Waals surface area contributed by atoms with Gasteiger partial charge in [0.15, 0.2) is 0 Å². The summed E-state index contributed by atoms with van der Waals surface area (Å²) in [6.45, 7) is 0. The van der Waals surface area contributed by atoms with Crippen molar-refractivity contribution in [1.82, 2.24) is 15.2 Å². The zero-order valence-electron chi connectivity index (χ0n) is 15.8. The molecule has 4 rings (SSSR count). The van der Waals surface area contributed by atoms with Crippen LogP contribution in [-0.4, -0.2) is 23.6 Å². The fraction of sp³-hybridized carbons (Fsp3) is 0.0476. The molecule has 0 unspecified atom stereocenters. The Balaban J connectivity index is 1.88. The van der Waals surface area contributed by atoms with E-state index < -0.39 is 26.7 Å². The number of aromatic amines is 1. The molecule has 0 aliphatic heterocycles. The van der Waals surface area contributed by atoms with Gasteiger partial charge >= 0.3 is 6.18 Å². The Bertz CT molecular complexity index is 1350. The van der Waals surface area contributed by atoms with E-state index in [1.54, 1.807) is 48.9 Å². The standard InChI is InChI=1S/C21H15F3N4O2S/c22-21(23,24)16-4-5-19(31(25,29)30)17(11-16)14-2-1-3-15(10-14)20-18(12-27-28-20)13-6-8-26-9-7-13/h1-12H,(H,27,28)(H2,25,29,30). The topological polar surface area (TPSA) is 102 Å². The lowest BCUT2D eigenvalue weighted by molar-refractivity contribution is -0.137. The maximum absolute atomic E-state index is 13.3. The molecule has 2 heterocycles. The molecule has 2 aromatic carbocycles. The molecule has 10 heteroatoms. The Morgan fingerprint density at radius 1 is 0.871 bits per heavy atom. The summed E-state index contributed by atoms with van der Waals surface area (Å²) in [5, 5.41) is 12.2. The van der Waals surface area contributed by atoms with Gasteiger partial charge in [-0.05, 0) is 47.5 Å². The number of nitrogens with two attached hydrogens (primary N) is 1. The maximum atomic E-state index is 13.3. The molecule has 0 atom stereocenters. The van der Waals surface area contributed by atoms with E-state index in [0.717, 1.165) is 23.3 Å². The summed E-state index contributed by atoms with van der Waals surface area (Å²) in [6.07, 6.45) is 0.242. The van der Waals surface area contributed by atoms with Crippen LogP contribution in [0.4, 0.5) is 13.2 Å². The number of rotatable bonds is 4. The first kappa shape index (κ1) is 20.8. The minimum Gasteiger partial charge on any atom is -0.277 e. The number of benzene rings is 2. The van der Waals surface area contributed by atoms with E-state index in [0.29, 0.717) is 17.3 Å². The van der Waals surface area contributed by atoms with E-state index in [9.17, 15) is 21.6 Å². The summed E-state index contributed by atoms with van der Waals surface area (Å²) < 4.78 is 63.8. The molecular weight excluding hydrogens is 429 g/mol. The van der Waals surface area contributed by atoms with E-state index in [4.69, 9.17) is 5.14 Å². The SMILES string of the molecule is NS(=O)(=O)c1ccc(C(F)(F)F)cc1-c1cccc(-c2[nH]ncc2-c2ccncc2)c1. The van der Waals surface area contributed by atoms with Crippen molar-refractivity contribution in [1.29, 1.82) is 0 Å². The number of sulfonamides is 1. The number of primary sulfonamides is 1. The zero-order valence-corrected chi connectivity index (χ0v) is 16.6. The first-order chi connectivity index (χ1) is 14.6. The van der Waals surface area contributed by atoms with Crippen molar-refractivity contribution in [3.63, 3.8) is 0 Å². The third-order valence-electron chi connectivity index (χ3n) is 4.71. The molecule has 31 heavy (non-hydrogen) atoms. The summed E-state index contributed by atoms with van der Waals surface area (Å²) in [5.74, 6) is 0. The molecule has 0 spiro atoms. The Labute approximate surface area is 175 Å². The van der Waals surface area contributed by atoms with Crippen LogP contribution in [0.15, 0.2) is 78.1 Å². The Hall–Kier alpha value is -3.50. The van der Waals surface area contributed by atoms with E-state index in [-0.39, 0.29) is 11.1 Å². The third kappa shape index (κ3) is 4.21. The lowest BCUT2D eigenvalue weighted by atomic mass is 9.97. The van der Waals surface area contributed by atoms with Gasteiger partial charge in [0.05, 0.1) is 22.3 Å². The minimum atomic E-state index is -4.64. The predicted octanol–water partition coefficient (Wildman–Crippen LogP) is 4.47. The normalized spacial score (nSPS) is 12.1. The average molecular weight is 444 g/mol. The van der Waals surface area contributed by atoms with Crippen molar-refractivity contribution in [2.24, 2.45) is 5.14 Å². The minimum absolute atomic E-state index is 0.135. The fourth-order valence-electron chi connectivity index (χ4n) is 3.28. The third-order valence-corrected chi connectivity index (χ3v) is 5.68. The fourth-order valence-corrected chi connectivity index (χ4v) is 4.02. The van der Waals surface area contributed by atoms with Gasteiger partial charge in [-0.2, -0.15) is 18.3 Å². The monoisotopic (exact) mass is 444 g/mol. The molecule has 0 aliphatic carbocycles. The van der Waals surface area contributed by atoms with Crippen LogP contribution in [0.3, 0.4) is 0 Å². The summed E-state index contributed by atoms with van der Waals surface area (Å²) in [7, 11) is -4.26. The highest BCUT2D eigenvalue weighted by Gasteiger charge is 2.32. The number of halogens is 3. The maximum Gasteiger partial charge on any atom is 0.416 e. The van der Waals surface area contributed by atoms with Crippen LogP contribution in [-0.2, 0) is 16.2 Å². The van der Waals surface area contributed by atoms with Crippen molar-refractivity contribution >= 4 is 10.0 Å². The van der Waals surface area contributed by atoms with Gasteiger partial charge in [-0.25, -0.2) is 13.6 Å². The summed E-state index contributed by atoms with van der Waals surface area (Å²) in [6, 6.07) is 12.4. The van der Waals surface area contributed by atoms with E-state index >= 15 is 0 Å². The number of pyridine rings is 1. The molecule has 0 fully saturated rings. The number of alkyl halides is 3. The largest absolute Gasteiger partial charge is 0.416 e. The molecule has 0 saturated carbocycles. The van der Waals surface area contributed by atoms with Crippen molar-refractivity contribution in [2.45, 2.75) is 11.1 Å². The highest BCUT2D eigenvalue weighted by atomic mass is 32.2. The summed E-state index contributed by atoms with van der Waals surface area (Å²) in [5.41, 5.74) is 1.99. The van der Waals surface area contributed by atoms with Gasteiger partial charge in [0.2, 0.25) is 10.0 Å². The number of hydrogen-bond acceptors (Lipinski definition) is 4. The second kappa shape index (κ2) is 7.64. The second-order valence-electron chi connectivity index (χ2n) is 6.73. The van der Waals surface area contributed by atoms with Gasteiger partial charge in [-0.1, -0.05) is 18.2 Å². The van der Waals surface area contributed by atoms with Gasteiger partial charge in [-0.15, -0.1) is 0 Å². The Morgan fingerprint density at radius 3 is 2.26 bits per heavy atom. The Kier molecular flexibility index (Phi) is 5.11. The first-order valence-electron chi connectivity index (χ1n) is 8.93. The molecule has 0 bridgehead atoms. The summed E-state index contributed by atoms with van der Waals surface area (Å²) in [4.78, 5) is 3.59. The van der Waals surface area contributed by atoms with Crippen molar-refractivity contribution in [2.75, 3.05) is 0 Å². The predicted molar refractivity (Wildman–Crippen MR) is 109 cm³/mol. The van der Waals surface area contributed by atoms with Crippen LogP contribution in [0.25, 0.3) is 33.5 Å². The Morgan fingerprint density at radius 2 is 1.58 bits per heavy atom. The van der Waals surface area contributed by atoms with Crippen LogP contribution in [0.1, 0.15) is 5.56 Å². The van der Waals surface area contributed by atoms with Gasteiger partial charge in [0, 0.05) is 29.1 Å². The zero-order chi connectivity index (χ0) is 22.2. The average Bonchev–Trinajstić information content (AvgIpc) is 3.23. The molecule has 6 nitrogen and oxygen atoms in total. The molecule has 0 aliphatic rings. The van der Waals surface area contributed by atoms with E-state index in [1.165, 1.54) is 6.07 Å². The summed E-state index contributed by atoms with van der Waals surface area (Å²) >= 11 is 0. The van der Waals surface area contributed by atoms with Crippen LogP contribution in [0.2, 0.25) is 0 Å². The van der Waals surface area contributed by atoms with Crippen LogP contribution < -0.4 is 5.14 Å². The number of aromatic nitrogens is 3. The van der Waals surface area contributed by atoms with Crippen LogP contribution in [0, 0.1) is 0 Å². The lowest BCUT2D eigenvalue weighted by Crippen LogP contribution is -2.15. The number of nitrogens with zero attached hydrogens (tertiary/aromatic N) is 2. The van der Waals surface area contributed by atoms with Gasteiger partial charge in [0.1, 0.15) is 0 Å². The molecule has 4 aromatic rings. The molecular formula is C21H15F3N4O2S. The number of H-pyrrole nitrogens is 1. The molecule has 0 radical (unpaired) electrons. The molecule has 0 saturated heterocycles. The van der Waals surface area contributed by atoms with E-state index in [1.807, 2.05) is 0 Å². The highest BCUT2D eigenvalue weighted by Crippen LogP contribution is 2.37.